The van der Waals surface area contributed by atoms with E-state index in [1.54, 1.807) is 32.2 Å². The van der Waals surface area contributed by atoms with Gasteiger partial charge in [-0.1, -0.05) is 0 Å². The van der Waals surface area contributed by atoms with E-state index in [1.807, 2.05) is 27.8 Å². The molecule has 0 aliphatic carbocycles. The molecule has 0 saturated carbocycles. The van der Waals surface area contributed by atoms with Gasteiger partial charge in [0.15, 0.2) is 0 Å². The van der Waals surface area contributed by atoms with Crippen LogP contribution in [0.3, 0.4) is 0 Å². The maximum absolute atomic E-state index is 10.1. The van der Waals surface area contributed by atoms with Gasteiger partial charge in [-0.3, -0.25) is 4.68 Å². The molecule has 107 valence electrons. The van der Waals surface area contributed by atoms with Crippen LogP contribution >= 0.6 is 0 Å². The fourth-order valence-electron chi connectivity index (χ4n) is 1.31. The quantitative estimate of drug-likeness (QED) is 0.741. The molecule has 1 rings (SSSR count). The van der Waals surface area contributed by atoms with E-state index in [2.05, 4.69) is 5.10 Å². The van der Waals surface area contributed by atoms with E-state index in [0.717, 1.165) is 11.2 Å². The minimum absolute atomic E-state index is 0.502. The highest BCUT2D eigenvalue weighted by molar-refractivity contribution is 6.46. The lowest BCUT2D eigenvalue weighted by Crippen LogP contribution is -2.50. The van der Waals surface area contributed by atoms with Crippen molar-refractivity contribution in [1.82, 2.24) is 9.78 Å². The number of hydrogen-bond acceptors (Lipinski definition) is 4. The molecular weight excluding hydrogens is 243 g/mol. The SMILES string of the molecule is CCOCc1cnn(C)c1[B]OC(C)(C)C(C)(C)O. The summed E-state index contributed by atoms with van der Waals surface area (Å²) in [5, 5.41) is 14.3. The second-order valence-electron chi connectivity index (χ2n) is 5.62. The minimum atomic E-state index is -0.942. The Bertz CT molecular complexity index is 411. The summed E-state index contributed by atoms with van der Waals surface area (Å²) in [6.45, 7) is 10.3. The summed E-state index contributed by atoms with van der Waals surface area (Å²) in [6, 6.07) is 0. The molecule has 1 aromatic rings. The average Bonchev–Trinajstić information content (AvgIpc) is 2.63. The van der Waals surface area contributed by atoms with Crippen LogP contribution in [0.25, 0.3) is 0 Å². The van der Waals surface area contributed by atoms with Gasteiger partial charge in [0.25, 0.3) is 0 Å². The number of nitrogens with zero attached hydrogens (tertiary/aromatic N) is 2. The molecule has 0 unspecified atom stereocenters. The van der Waals surface area contributed by atoms with Crippen LogP contribution in [0, 0.1) is 0 Å². The molecule has 6 heteroatoms. The summed E-state index contributed by atoms with van der Waals surface area (Å²) in [7, 11) is 3.49. The molecule has 0 saturated heterocycles. The fraction of sp³-hybridized carbons (Fsp3) is 0.769. The van der Waals surface area contributed by atoms with Crippen molar-refractivity contribution in [2.24, 2.45) is 7.05 Å². The van der Waals surface area contributed by atoms with E-state index in [9.17, 15) is 5.11 Å². The van der Waals surface area contributed by atoms with E-state index in [1.165, 1.54) is 0 Å². The molecule has 19 heavy (non-hydrogen) atoms. The summed E-state index contributed by atoms with van der Waals surface area (Å²) in [4.78, 5) is 0. The first-order valence-electron chi connectivity index (χ1n) is 6.51. The van der Waals surface area contributed by atoms with Crippen LogP contribution in [0.15, 0.2) is 6.20 Å². The highest BCUT2D eigenvalue weighted by Crippen LogP contribution is 2.24. The molecule has 0 fully saturated rings. The molecule has 0 aromatic carbocycles. The van der Waals surface area contributed by atoms with E-state index >= 15 is 0 Å². The lowest BCUT2D eigenvalue weighted by Gasteiger charge is -2.37. The lowest BCUT2D eigenvalue weighted by molar-refractivity contribution is -0.0894. The van der Waals surface area contributed by atoms with Crippen LogP contribution in [0.1, 0.15) is 40.2 Å². The summed E-state index contributed by atoms with van der Waals surface area (Å²) in [5.74, 6) is 0. The molecule has 1 N–H and O–H groups in total. The number of ether oxygens (including phenoxy) is 1. The van der Waals surface area contributed by atoms with Crippen LogP contribution in [0.5, 0.6) is 0 Å². The molecule has 0 amide bonds. The third-order valence-corrected chi connectivity index (χ3v) is 3.46. The Balaban J connectivity index is 2.75. The maximum Gasteiger partial charge on any atom is 0.351 e. The number of aromatic nitrogens is 2. The van der Waals surface area contributed by atoms with Gasteiger partial charge in [-0.15, -0.1) is 0 Å². The molecule has 0 aliphatic rings. The Morgan fingerprint density at radius 3 is 2.53 bits per heavy atom. The molecule has 1 aromatic heterocycles. The van der Waals surface area contributed by atoms with Crippen molar-refractivity contribution in [2.45, 2.75) is 52.4 Å². The van der Waals surface area contributed by atoms with Gasteiger partial charge < -0.3 is 14.5 Å². The molecule has 0 spiro atoms. The number of aryl methyl sites for hydroxylation is 1. The van der Waals surface area contributed by atoms with Crippen molar-refractivity contribution >= 4 is 13.1 Å². The first-order valence-corrected chi connectivity index (χ1v) is 6.51. The van der Waals surface area contributed by atoms with Gasteiger partial charge in [0.05, 0.1) is 24.0 Å². The van der Waals surface area contributed by atoms with Crippen LogP contribution in [-0.4, -0.2) is 40.2 Å². The molecule has 1 radical (unpaired) electrons. The third-order valence-electron chi connectivity index (χ3n) is 3.46. The van der Waals surface area contributed by atoms with Crippen molar-refractivity contribution in [3.8, 4) is 0 Å². The zero-order valence-corrected chi connectivity index (χ0v) is 12.7. The van der Waals surface area contributed by atoms with E-state index < -0.39 is 11.2 Å². The number of rotatable bonds is 7. The Morgan fingerprint density at radius 2 is 2.00 bits per heavy atom. The second kappa shape index (κ2) is 6.07. The average molecular weight is 267 g/mol. The van der Waals surface area contributed by atoms with Crippen molar-refractivity contribution in [3.05, 3.63) is 11.8 Å². The Labute approximate surface area is 116 Å². The first kappa shape index (κ1) is 16.2. The highest BCUT2D eigenvalue weighted by atomic mass is 16.5. The summed E-state index contributed by atoms with van der Waals surface area (Å²) < 4.78 is 12.9. The van der Waals surface area contributed by atoms with Crippen molar-refractivity contribution in [3.63, 3.8) is 0 Å². The highest BCUT2D eigenvalue weighted by Gasteiger charge is 2.36. The lowest BCUT2D eigenvalue weighted by atomic mass is 9.84. The van der Waals surface area contributed by atoms with Crippen LogP contribution in [0.2, 0.25) is 0 Å². The van der Waals surface area contributed by atoms with Crippen LogP contribution in [-0.2, 0) is 23.0 Å². The maximum atomic E-state index is 10.1. The number of hydrogen-bond donors (Lipinski definition) is 1. The van der Waals surface area contributed by atoms with Gasteiger partial charge in [0.1, 0.15) is 0 Å². The minimum Gasteiger partial charge on any atom is -0.425 e. The topological polar surface area (TPSA) is 56.5 Å². The van der Waals surface area contributed by atoms with Crippen molar-refractivity contribution in [1.29, 1.82) is 0 Å². The van der Waals surface area contributed by atoms with Crippen molar-refractivity contribution in [2.75, 3.05) is 6.61 Å². The smallest absolute Gasteiger partial charge is 0.351 e. The zero-order chi connectivity index (χ0) is 14.7. The normalized spacial score (nSPS) is 12.8. The van der Waals surface area contributed by atoms with Gasteiger partial charge in [-0.25, -0.2) is 0 Å². The summed E-state index contributed by atoms with van der Waals surface area (Å²) in [6.07, 6.45) is 1.77. The zero-order valence-electron chi connectivity index (χ0n) is 12.7. The van der Waals surface area contributed by atoms with Gasteiger partial charge in [-0.05, 0) is 34.6 Å². The molecule has 5 nitrogen and oxygen atoms in total. The Kier molecular flexibility index (Phi) is 5.18. The van der Waals surface area contributed by atoms with E-state index in [4.69, 9.17) is 9.39 Å². The fourth-order valence-corrected chi connectivity index (χ4v) is 1.31. The monoisotopic (exact) mass is 267 g/mol. The van der Waals surface area contributed by atoms with Crippen LogP contribution in [0.4, 0.5) is 0 Å². The van der Waals surface area contributed by atoms with E-state index in [0.29, 0.717) is 13.2 Å². The predicted octanol–water partition coefficient (Wildman–Crippen LogP) is 0.767. The summed E-state index contributed by atoms with van der Waals surface area (Å²) >= 11 is 0. The third kappa shape index (κ3) is 4.06. The largest absolute Gasteiger partial charge is 0.425 e. The molecule has 0 aliphatic heterocycles. The summed E-state index contributed by atoms with van der Waals surface area (Å²) in [5.41, 5.74) is 0.184. The van der Waals surface area contributed by atoms with Gasteiger partial charge in [-0.2, -0.15) is 5.10 Å². The van der Waals surface area contributed by atoms with Crippen LogP contribution < -0.4 is 5.59 Å². The Morgan fingerprint density at radius 1 is 1.37 bits per heavy atom. The predicted molar refractivity (Wildman–Crippen MR) is 75.4 cm³/mol. The molecule has 0 bridgehead atoms. The van der Waals surface area contributed by atoms with Gasteiger partial charge in [0.2, 0.25) is 0 Å². The molecule has 0 atom stereocenters. The molecule has 1 heterocycles. The molecular formula is C13H24BN2O3. The number of aliphatic hydroxyl groups is 1. The van der Waals surface area contributed by atoms with Gasteiger partial charge >= 0.3 is 7.48 Å². The first-order chi connectivity index (χ1) is 8.69. The second-order valence-corrected chi connectivity index (χ2v) is 5.62. The standard InChI is InChI=1S/C13H24BN2O3/c1-7-18-9-10-8-15-16(6)11(10)14-19-13(4,5)12(2,3)17/h8,17H,7,9H2,1-6H3. The van der Waals surface area contributed by atoms with Crippen molar-refractivity contribution < 1.29 is 14.5 Å². The van der Waals surface area contributed by atoms with E-state index in [-0.39, 0.29) is 0 Å². The van der Waals surface area contributed by atoms with Gasteiger partial charge in [0, 0.05) is 24.8 Å². The Hall–Kier alpha value is -0.845.